The molecule has 0 aliphatic rings. The third kappa shape index (κ3) is 3.08. The molecular weight excluding hydrogens is 302 g/mol. The molecule has 0 aliphatic heterocycles. The molecule has 0 saturated carbocycles. The second-order valence-corrected chi connectivity index (χ2v) is 5.44. The monoisotopic (exact) mass is 319 g/mol. The minimum atomic E-state index is 0.0757. The number of nitriles is 1. The first-order valence-electron chi connectivity index (χ1n) is 7.65. The number of H-pyrrole nitrogens is 1. The Morgan fingerprint density at radius 3 is 2.92 bits per heavy atom. The van der Waals surface area contributed by atoms with Crippen LogP contribution in [0, 0.1) is 18.3 Å². The van der Waals surface area contributed by atoms with Gasteiger partial charge in [0.2, 0.25) is 0 Å². The van der Waals surface area contributed by atoms with Crippen LogP contribution in [0.15, 0.2) is 36.4 Å². The van der Waals surface area contributed by atoms with Gasteiger partial charge in [-0.2, -0.15) is 5.26 Å². The normalized spacial score (nSPS) is 11.5. The Morgan fingerprint density at radius 1 is 1.33 bits per heavy atom. The van der Waals surface area contributed by atoms with Gasteiger partial charge in [-0.25, -0.2) is 4.98 Å². The average Bonchev–Trinajstić information content (AvgIpc) is 2.98. The number of allylic oxidation sites excluding steroid dienone is 1. The highest BCUT2D eigenvalue weighted by molar-refractivity contribution is 5.90. The summed E-state index contributed by atoms with van der Waals surface area (Å²) in [6, 6.07) is 13.0. The fourth-order valence-electron chi connectivity index (χ4n) is 2.46. The molecule has 2 aromatic carbocycles. The van der Waals surface area contributed by atoms with E-state index in [9.17, 15) is 10.4 Å². The first kappa shape index (κ1) is 15.6. The smallest absolute Gasteiger partial charge is 0.161 e. The van der Waals surface area contributed by atoms with Crippen molar-refractivity contribution in [1.82, 2.24) is 9.97 Å². The number of aromatic amines is 1. The van der Waals surface area contributed by atoms with Crippen molar-refractivity contribution in [2.24, 2.45) is 0 Å². The number of rotatable bonds is 4. The van der Waals surface area contributed by atoms with E-state index in [1.165, 1.54) is 0 Å². The number of fused-ring (bicyclic) bond motifs is 1. The molecule has 3 aromatic rings. The van der Waals surface area contributed by atoms with E-state index in [0.29, 0.717) is 23.8 Å². The van der Waals surface area contributed by atoms with E-state index < -0.39 is 0 Å². The molecule has 24 heavy (non-hydrogen) atoms. The molecule has 0 saturated heterocycles. The first-order chi connectivity index (χ1) is 11.6. The lowest BCUT2D eigenvalue weighted by Gasteiger charge is -2.06. The van der Waals surface area contributed by atoms with Crippen molar-refractivity contribution in [2.75, 3.05) is 6.61 Å². The summed E-state index contributed by atoms with van der Waals surface area (Å²) < 4.78 is 5.37. The van der Waals surface area contributed by atoms with Crippen molar-refractivity contribution in [1.29, 1.82) is 5.26 Å². The fourth-order valence-corrected chi connectivity index (χ4v) is 2.46. The minimum Gasteiger partial charge on any atom is -0.504 e. The van der Waals surface area contributed by atoms with Gasteiger partial charge in [-0.05, 0) is 55.3 Å². The van der Waals surface area contributed by atoms with Gasteiger partial charge in [0.1, 0.15) is 11.9 Å². The third-order valence-corrected chi connectivity index (χ3v) is 3.61. The summed E-state index contributed by atoms with van der Waals surface area (Å²) >= 11 is 0. The summed E-state index contributed by atoms with van der Waals surface area (Å²) in [5.41, 5.74) is 4.01. The molecule has 2 N–H and O–H groups in total. The number of benzene rings is 2. The molecular formula is C19H17N3O2. The van der Waals surface area contributed by atoms with Gasteiger partial charge in [0.05, 0.1) is 23.2 Å². The lowest BCUT2D eigenvalue weighted by atomic mass is 10.1. The number of ether oxygens (including phenoxy) is 1. The summed E-state index contributed by atoms with van der Waals surface area (Å²) in [5.74, 6) is 0.986. The topological polar surface area (TPSA) is 81.9 Å². The molecule has 0 aliphatic carbocycles. The van der Waals surface area contributed by atoms with Crippen molar-refractivity contribution in [3.8, 4) is 17.6 Å². The van der Waals surface area contributed by atoms with Crippen molar-refractivity contribution < 1.29 is 9.84 Å². The van der Waals surface area contributed by atoms with E-state index in [1.54, 1.807) is 24.3 Å². The maximum absolute atomic E-state index is 9.77. The number of hydrogen-bond acceptors (Lipinski definition) is 4. The molecule has 120 valence electrons. The van der Waals surface area contributed by atoms with Gasteiger partial charge in [-0.1, -0.05) is 12.1 Å². The number of phenolic OH excluding ortho intramolecular Hbond substituents is 1. The molecule has 0 unspecified atom stereocenters. The van der Waals surface area contributed by atoms with Crippen LogP contribution in [0.25, 0.3) is 22.7 Å². The number of nitrogens with one attached hydrogen (secondary N) is 1. The summed E-state index contributed by atoms with van der Waals surface area (Å²) in [6.45, 7) is 4.31. The first-order valence-corrected chi connectivity index (χ1v) is 7.65. The Labute approximate surface area is 139 Å². The Kier molecular flexibility index (Phi) is 4.21. The second-order valence-electron chi connectivity index (χ2n) is 5.44. The van der Waals surface area contributed by atoms with Crippen molar-refractivity contribution in [3.05, 3.63) is 53.3 Å². The van der Waals surface area contributed by atoms with Crippen molar-refractivity contribution in [2.45, 2.75) is 13.8 Å². The van der Waals surface area contributed by atoms with Gasteiger partial charge in [-0.15, -0.1) is 0 Å². The highest BCUT2D eigenvalue weighted by Crippen LogP contribution is 2.28. The number of aryl methyl sites for hydroxylation is 1. The number of aromatic hydroxyl groups is 1. The van der Waals surface area contributed by atoms with Crippen LogP contribution in [0.1, 0.15) is 23.9 Å². The van der Waals surface area contributed by atoms with Crippen molar-refractivity contribution >= 4 is 22.7 Å². The number of imidazole rings is 1. The molecule has 0 atom stereocenters. The molecule has 5 heteroatoms. The van der Waals surface area contributed by atoms with Crippen LogP contribution in [0.3, 0.4) is 0 Å². The summed E-state index contributed by atoms with van der Waals surface area (Å²) in [6.07, 6.45) is 1.71. The lowest BCUT2D eigenvalue weighted by molar-refractivity contribution is 0.318. The number of nitrogens with zero attached hydrogens (tertiary/aromatic N) is 2. The van der Waals surface area contributed by atoms with E-state index in [0.717, 1.165) is 22.2 Å². The maximum atomic E-state index is 9.77. The number of phenols is 1. The van der Waals surface area contributed by atoms with Crippen LogP contribution >= 0.6 is 0 Å². The SMILES string of the molecule is CCOc1cc(/C=C(\C#N)c2nc3ccc(C)cc3[nH]2)ccc1O. The average molecular weight is 319 g/mol. The summed E-state index contributed by atoms with van der Waals surface area (Å²) in [7, 11) is 0. The summed E-state index contributed by atoms with van der Waals surface area (Å²) in [4.78, 5) is 7.65. The van der Waals surface area contributed by atoms with Crippen LogP contribution in [0.2, 0.25) is 0 Å². The van der Waals surface area contributed by atoms with Gasteiger partial charge in [0, 0.05) is 0 Å². The van der Waals surface area contributed by atoms with E-state index in [1.807, 2.05) is 32.0 Å². The second kappa shape index (κ2) is 6.47. The molecule has 1 heterocycles. The predicted molar refractivity (Wildman–Crippen MR) is 93.6 cm³/mol. The highest BCUT2D eigenvalue weighted by Gasteiger charge is 2.09. The minimum absolute atomic E-state index is 0.0757. The number of hydrogen-bond donors (Lipinski definition) is 2. The largest absolute Gasteiger partial charge is 0.504 e. The molecule has 3 rings (SSSR count). The molecule has 5 nitrogen and oxygen atoms in total. The lowest BCUT2D eigenvalue weighted by Crippen LogP contribution is -1.92. The Bertz CT molecular complexity index is 964. The maximum Gasteiger partial charge on any atom is 0.161 e. The van der Waals surface area contributed by atoms with E-state index in [2.05, 4.69) is 16.0 Å². The Balaban J connectivity index is 2.02. The fraction of sp³-hybridized carbons (Fsp3) is 0.158. The van der Waals surface area contributed by atoms with Gasteiger partial charge in [0.15, 0.2) is 11.5 Å². The molecule has 0 bridgehead atoms. The van der Waals surface area contributed by atoms with Crippen LogP contribution < -0.4 is 4.74 Å². The molecule has 0 spiro atoms. The van der Waals surface area contributed by atoms with Crippen LogP contribution in [0.4, 0.5) is 0 Å². The third-order valence-electron chi connectivity index (χ3n) is 3.61. The van der Waals surface area contributed by atoms with E-state index in [-0.39, 0.29) is 5.75 Å². The van der Waals surface area contributed by atoms with Crippen molar-refractivity contribution in [3.63, 3.8) is 0 Å². The van der Waals surface area contributed by atoms with Gasteiger partial charge in [-0.3, -0.25) is 0 Å². The zero-order chi connectivity index (χ0) is 17.1. The summed E-state index contributed by atoms with van der Waals surface area (Å²) in [5, 5.41) is 19.3. The van der Waals surface area contributed by atoms with Crippen LogP contribution in [-0.2, 0) is 0 Å². The molecule has 0 radical (unpaired) electrons. The Morgan fingerprint density at radius 2 is 2.17 bits per heavy atom. The highest BCUT2D eigenvalue weighted by atomic mass is 16.5. The quantitative estimate of drug-likeness (QED) is 0.711. The zero-order valence-corrected chi connectivity index (χ0v) is 13.5. The zero-order valence-electron chi connectivity index (χ0n) is 13.5. The Hall–Kier alpha value is -3.26. The van der Waals surface area contributed by atoms with Gasteiger partial charge < -0.3 is 14.8 Å². The predicted octanol–water partition coefficient (Wildman–Crippen LogP) is 4.04. The standard InChI is InChI=1S/C19H17N3O2/c1-3-24-18-10-13(5-7-17(18)23)9-14(11-20)19-21-15-6-4-12(2)8-16(15)22-19/h4-10,23H,3H2,1-2H3,(H,21,22)/b14-9+. The van der Waals surface area contributed by atoms with Gasteiger partial charge >= 0.3 is 0 Å². The van der Waals surface area contributed by atoms with Crippen LogP contribution in [0.5, 0.6) is 11.5 Å². The van der Waals surface area contributed by atoms with E-state index >= 15 is 0 Å². The van der Waals surface area contributed by atoms with Crippen LogP contribution in [-0.4, -0.2) is 21.7 Å². The molecule has 0 amide bonds. The molecule has 0 fully saturated rings. The van der Waals surface area contributed by atoms with E-state index in [4.69, 9.17) is 4.74 Å². The van der Waals surface area contributed by atoms with Gasteiger partial charge in [0.25, 0.3) is 0 Å². The molecule has 1 aromatic heterocycles. The number of aromatic nitrogens is 2.